The summed E-state index contributed by atoms with van der Waals surface area (Å²) < 4.78 is 10.5. The molecule has 142 valence electrons. The maximum Gasteiger partial charge on any atom is 0.137 e. The highest BCUT2D eigenvalue weighted by Crippen LogP contribution is 2.28. The van der Waals surface area contributed by atoms with Crippen LogP contribution in [0.3, 0.4) is 0 Å². The van der Waals surface area contributed by atoms with Crippen molar-refractivity contribution in [2.45, 2.75) is 26.0 Å². The van der Waals surface area contributed by atoms with E-state index in [1.807, 2.05) is 43.5 Å². The number of β-amino-alcohol motifs (C(OH)–C–C–N with tert-alkyl or cyclic N) is 1. The molecule has 0 bridgehead atoms. The molecule has 2 N–H and O–H groups in total. The standard InChI is InChI=1S/C20H24N4O3/c1-13-7-18(27-23-13)8-15-10-24(12-19(15)25)11-16-9-21-22-20(16)14-3-5-17(26-2)6-4-14/h3-7,9,15,19,25H,8,10-12H2,1-2H3,(H,21,22)/t15-,19+/m1/s1. The van der Waals surface area contributed by atoms with Gasteiger partial charge in [0.1, 0.15) is 11.5 Å². The van der Waals surface area contributed by atoms with Crippen molar-refractivity contribution < 1.29 is 14.4 Å². The first-order chi connectivity index (χ1) is 13.1. The largest absolute Gasteiger partial charge is 0.497 e. The summed E-state index contributed by atoms with van der Waals surface area (Å²) in [5.74, 6) is 1.81. The average Bonchev–Trinajstić information content (AvgIpc) is 3.37. The fourth-order valence-electron chi connectivity index (χ4n) is 3.72. The number of aromatic nitrogens is 3. The van der Waals surface area contributed by atoms with E-state index in [-0.39, 0.29) is 12.0 Å². The SMILES string of the molecule is COc1ccc(-c2[nH]ncc2CN2C[C@@H](Cc3cc(C)no3)[C@@H](O)C2)cc1. The van der Waals surface area contributed by atoms with Crippen LogP contribution in [0, 0.1) is 12.8 Å². The number of methoxy groups -OCH3 is 1. The number of benzene rings is 1. The minimum atomic E-state index is -0.369. The molecule has 3 heterocycles. The second-order valence-electron chi connectivity index (χ2n) is 7.16. The van der Waals surface area contributed by atoms with Crippen LogP contribution in [0.25, 0.3) is 11.3 Å². The zero-order valence-corrected chi connectivity index (χ0v) is 15.6. The van der Waals surface area contributed by atoms with Gasteiger partial charge in [-0.1, -0.05) is 5.16 Å². The summed E-state index contributed by atoms with van der Waals surface area (Å²) in [5.41, 5.74) is 4.05. The van der Waals surface area contributed by atoms with E-state index in [2.05, 4.69) is 20.3 Å². The van der Waals surface area contributed by atoms with Gasteiger partial charge in [-0.25, -0.2) is 0 Å². The van der Waals surface area contributed by atoms with E-state index in [0.717, 1.165) is 47.1 Å². The van der Waals surface area contributed by atoms with Crippen LogP contribution >= 0.6 is 0 Å². The van der Waals surface area contributed by atoms with Gasteiger partial charge in [0.25, 0.3) is 0 Å². The van der Waals surface area contributed by atoms with E-state index < -0.39 is 0 Å². The predicted molar refractivity (Wildman–Crippen MR) is 100 cm³/mol. The summed E-state index contributed by atoms with van der Waals surface area (Å²) >= 11 is 0. The number of hydrogen-bond acceptors (Lipinski definition) is 6. The Labute approximate surface area is 157 Å². The lowest BCUT2D eigenvalue weighted by atomic mass is 10.0. The van der Waals surface area contributed by atoms with Crippen molar-refractivity contribution in [3.63, 3.8) is 0 Å². The lowest BCUT2D eigenvalue weighted by Crippen LogP contribution is -2.21. The van der Waals surface area contributed by atoms with E-state index in [1.54, 1.807) is 7.11 Å². The Balaban J connectivity index is 1.43. The van der Waals surface area contributed by atoms with E-state index in [9.17, 15) is 5.11 Å². The van der Waals surface area contributed by atoms with Crippen LogP contribution in [-0.2, 0) is 13.0 Å². The normalized spacial score (nSPS) is 20.3. The van der Waals surface area contributed by atoms with Gasteiger partial charge < -0.3 is 14.4 Å². The number of aromatic amines is 1. The first kappa shape index (κ1) is 17.8. The van der Waals surface area contributed by atoms with Crippen molar-refractivity contribution in [2.24, 2.45) is 5.92 Å². The van der Waals surface area contributed by atoms with Crippen molar-refractivity contribution in [1.82, 2.24) is 20.3 Å². The minimum absolute atomic E-state index is 0.147. The van der Waals surface area contributed by atoms with Crippen molar-refractivity contribution in [3.05, 3.63) is 53.5 Å². The molecule has 1 aliphatic heterocycles. The number of aliphatic hydroxyl groups is 1. The molecule has 0 saturated carbocycles. The third kappa shape index (κ3) is 3.89. The number of ether oxygens (including phenoxy) is 1. The predicted octanol–water partition coefficient (Wildman–Crippen LogP) is 2.42. The third-order valence-corrected chi connectivity index (χ3v) is 5.11. The van der Waals surface area contributed by atoms with Crippen LogP contribution in [0.1, 0.15) is 17.0 Å². The zero-order valence-electron chi connectivity index (χ0n) is 15.6. The minimum Gasteiger partial charge on any atom is -0.497 e. The second kappa shape index (κ2) is 7.54. The number of nitrogens with one attached hydrogen (secondary N) is 1. The van der Waals surface area contributed by atoms with Gasteiger partial charge in [0, 0.05) is 49.2 Å². The molecule has 1 aliphatic rings. The maximum atomic E-state index is 10.5. The lowest BCUT2D eigenvalue weighted by molar-refractivity contribution is 0.137. The zero-order chi connectivity index (χ0) is 18.8. The van der Waals surface area contributed by atoms with Crippen molar-refractivity contribution >= 4 is 0 Å². The molecule has 0 radical (unpaired) electrons. The fourth-order valence-corrected chi connectivity index (χ4v) is 3.72. The second-order valence-corrected chi connectivity index (χ2v) is 7.16. The number of hydrogen-bond donors (Lipinski definition) is 2. The highest BCUT2D eigenvalue weighted by molar-refractivity contribution is 5.63. The van der Waals surface area contributed by atoms with Crippen molar-refractivity contribution in [1.29, 1.82) is 0 Å². The molecule has 1 aromatic carbocycles. The molecule has 27 heavy (non-hydrogen) atoms. The maximum absolute atomic E-state index is 10.5. The van der Waals surface area contributed by atoms with Gasteiger partial charge >= 0.3 is 0 Å². The van der Waals surface area contributed by atoms with E-state index in [4.69, 9.17) is 9.26 Å². The Morgan fingerprint density at radius 3 is 2.81 bits per heavy atom. The number of aryl methyl sites for hydroxylation is 1. The van der Waals surface area contributed by atoms with Gasteiger partial charge in [0.2, 0.25) is 0 Å². The highest BCUT2D eigenvalue weighted by Gasteiger charge is 2.32. The van der Waals surface area contributed by atoms with Crippen LogP contribution in [0.2, 0.25) is 0 Å². The van der Waals surface area contributed by atoms with Crippen LogP contribution in [-0.4, -0.2) is 51.7 Å². The molecule has 0 spiro atoms. The number of H-pyrrole nitrogens is 1. The van der Waals surface area contributed by atoms with Crippen LogP contribution in [0.15, 0.2) is 41.1 Å². The molecule has 7 nitrogen and oxygen atoms in total. The molecule has 4 rings (SSSR count). The Bertz CT molecular complexity index is 887. The summed E-state index contributed by atoms with van der Waals surface area (Å²) in [5, 5.41) is 21.7. The average molecular weight is 368 g/mol. The summed E-state index contributed by atoms with van der Waals surface area (Å²) in [7, 11) is 1.66. The van der Waals surface area contributed by atoms with Crippen LogP contribution < -0.4 is 4.74 Å². The van der Waals surface area contributed by atoms with E-state index in [0.29, 0.717) is 13.0 Å². The highest BCUT2D eigenvalue weighted by atomic mass is 16.5. The summed E-state index contributed by atoms with van der Waals surface area (Å²) in [6.45, 7) is 4.10. The molecule has 0 aliphatic carbocycles. The van der Waals surface area contributed by atoms with Gasteiger partial charge in [0.05, 0.1) is 30.8 Å². The molecule has 0 unspecified atom stereocenters. The number of aliphatic hydroxyl groups excluding tert-OH is 1. The summed E-state index contributed by atoms with van der Waals surface area (Å²) in [4.78, 5) is 2.26. The van der Waals surface area contributed by atoms with Crippen LogP contribution in [0.4, 0.5) is 0 Å². The molecule has 0 amide bonds. The van der Waals surface area contributed by atoms with E-state index >= 15 is 0 Å². The molecule has 2 aromatic heterocycles. The van der Waals surface area contributed by atoms with Gasteiger partial charge in [-0.2, -0.15) is 5.10 Å². The Morgan fingerprint density at radius 1 is 1.30 bits per heavy atom. The smallest absolute Gasteiger partial charge is 0.137 e. The van der Waals surface area contributed by atoms with Crippen molar-refractivity contribution in [3.8, 4) is 17.0 Å². The molecule has 1 saturated heterocycles. The molecular formula is C20H24N4O3. The number of likely N-dealkylation sites (tertiary alicyclic amines) is 1. The molecule has 2 atom stereocenters. The van der Waals surface area contributed by atoms with Crippen LogP contribution in [0.5, 0.6) is 5.75 Å². The quantitative estimate of drug-likeness (QED) is 0.695. The summed E-state index contributed by atoms with van der Waals surface area (Å²) in [6, 6.07) is 9.85. The van der Waals surface area contributed by atoms with Gasteiger partial charge in [0.15, 0.2) is 0 Å². The number of rotatable bonds is 6. The topological polar surface area (TPSA) is 87.4 Å². The number of nitrogens with zero attached hydrogens (tertiary/aromatic N) is 3. The first-order valence-corrected chi connectivity index (χ1v) is 9.11. The van der Waals surface area contributed by atoms with Gasteiger partial charge in [-0.05, 0) is 31.2 Å². The van der Waals surface area contributed by atoms with Gasteiger partial charge in [-0.3, -0.25) is 10.00 Å². The van der Waals surface area contributed by atoms with Crippen molar-refractivity contribution in [2.75, 3.05) is 20.2 Å². The van der Waals surface area contributed by atoms with E-state index in [1.165, 1.54) is 0 Å². The fraction of sp³-hybridized carbons (Fsp3) is 0.400. The third-order valence-electron chi connectivity index (χ3n) is 5.11. The summed E-state index contributed by atoms with van der Waals surface area (Å²) in [6.07, 6.45) is 2.20. The first-order valence-electron chi connectivity index (χ1n) is 9.11. The molecule has 3 aromatic rings. The lowest BCUT2D eigenvalue weighted by Gasteiger charge is -2.15. The molecular weight excluding hydrogens is 344 g/mol. The van der Waals surface area contributed by atoms with Gasteiger partial charge in [-0.15, -0.1) is 0 Å². The Hall–Kier alpha value is -2.64. The monoisotopic (exact) mass is 368 g/mol. The Morgan fingerprint density at radius 2 is 2.11 bits per heavy atom. The Kier molecular flexibility index (Phi) is 4.96. The molecule has 7 heteroatoms. The molecule has 1 fully saturated rings.